The van der Waals surface area contributed by atoms with Crippen molar-refractivity contribution < 1.29 is 4.74 Å². The maximum atomic E-state index is 5.41. The van der Waals surface area contributed by atoms with Crippen molar-refractivity contribution in [2.24, 2.45) is 5.73 Å². The normalized spacial score (nSPS) is 11.0. The zero-order valence-electron chi connectivity index (χ0n) is 8.57. The fourth-order valence-corrected chi connectivity index (χ4v) is 1.29. The third kappa shape index (κ3) is 3.32. The molecule has 76 valence electrons. The molecule has 0 unspecified atom stereocenters. The summed E-state index contributed by atoms with van der Waals surface area (Å²) in [6, 6.07) is 8.21. The second-order valence-electron chi connectivity index (χ2n) is 3.11. The van der Waals surface area contributed by atoms with Crippen LogP contribution in [0.1, 0.15) is 17.5 Å². The van der Waals surface area contributed by atoms with Gasteiger partial charge in [0.2, 0.25) is 0 Å². The molecule has 0 amide bonds. The molecule has 2 N–H and O–H groups in total. The number of benzene rings is 1. The fourth-order valence-electron chi connectivity index (χ4n) is 1.29. The maximum Gasteiger partial charge on any atom is 0.0718 e. The lowest BCUT2D eigenvalue weighted by atomic mass is 10.1. The van der Waals surface area contributed by atoms with Gasteiger partial charge in [0.1, 0.15) is 0 Å². The highest BCUT2D eigenvalue weighted by atomic mass is 16.5. The Morgan fingerprint density at radius 1 is 1.36 bits per heavy atom. The van der Waals surface area contributed by atoms with Crippen LogP contribution in [0.25, 0.3) is 6.08 Å². The Balaban J connectivity index is 2.73. The van der Waals surface area contributed by atoms with Crippen molar-refractivity contribution in [2.45, 2.75) is 13.0 Å². The molecule has 14 heavy (non-hydrogen) atoms. The van der Waals surface area contributed by atoms with Crippen molar-refractivity contribution in [1.29, 1.82) is 0 Å². The Bertz CT molecular complexity index is 294. The van der Waals surface area contributed by atoms with Crippen LogP contribution in [0.3, 0.4) is 0 Å². The molecule has 0 aliphatic carbocycles. The SMILES string of the molecule is COCc1ccccc1C=CCCN. The number of ether oxygens (including phenoxy) is 1. The Labute approximate surface area is 85.4 Å². The lowest BCUT2D eigenvalue weighted by molar-refractivity contribution is 0.184. The predicted octanol–water partition coefficient (Wildman–Crippen LogP) is 2.19. The Kier molecular flexibility index (Phi) is 4.97. The molecule has 0 saturated carbocycles. The fraction of sp³-hybridized carbons (Fsp3) is 0.333. The van der Waals surface area contributed by atoms with Gasteiger partial charge in [-0.05, 0) is 24.1 Å². The van der Waals surface area contributed by atoms with Crippen LogP contribution < -0.4 is 5.73 Å². The molecule has 0 aromatic heterocycles. The van der Waals surface area contributed by atoms with Crippen LogP contribution in [0, 0.1) is 0 Å². The summed E-state index contributed by atoms with van der Waals surface area (Å²) in [5, 5.41) is 0. The number of methoxy groups -OCH3 is 1. The van der Waals surface area contributed by atoms with Gasteiger partial charge >= 0.3 is 0 Å². The summed E-state index contributed by atoms with van der Waals surface area (Å²) in [5.41, 5.74) is 7.84. The maximum absolute atomic E-state index is 5.41. The molecule has 1 aromatic rings. The highest BCUT2D eigenvalue weighted by molar-refractivity contribution is 5.53. The zero-order valence-corrected chi connectivity index (χ0v) is 8.57. The van der Waals surface area contributed by atoms with E-state index < -0.39 is 0 Å². The van der Waals surface area contributed by atoms with E-state index in [2.05, 4.69) is 24.3 Å². The van der Waals surface area contributed by atoms with Crippen molar-refractivity contribution in [3.05, 3.63) is 41.5 Å². The summed E-state index contributed by atoms with van der Waals surface area (Å²) in [5.74, 6) is 0. The van der Waals surface area contributed by atoms with Gasteiger partial charge in [0.15, 0.2) is 0 Å². The van der Waals surface area contributed by atoms with E-state index in [1.54, 1.807) is 7.11 Å². The molecule has 0 radical (unpaired) electrons. The van der Waals surface area contributed by atoms with Gasteiger partial charge in [0.05, 0.1) is 6.61 Å². The summed E-state index contributed by atoms with van der Waals surface area (Å²) < 4.78 is 5.12. The van der Waals surface area contributed by atoms with E-state index in [-0.39, 0.29) is 0 Å². The minimum absolute atomic E-state index is 0.656. The third-order valence-electron chi connectivity index (χ3n) is 1.99. The molecule has 0 saturated heterocycles. The Hall–Kier alpha value is -1.12. The van der Waals surface area contributed by atoms with Gasteiger partial charge in [0.25, 0.3) is 0 Å². The molecule has 1 aromatic carbocycles. The molecule has 2 nitrogen and oxygen atoms in total. The average Bonchev–Trinajstić information content (AvgIpc) is 2.21. The van der Waals surface area contributed by atoms with Crippen LogP contribution in [0.5, 0.6) is 0 Å². The molecule has 0 aliphatic rings. The summed E-state index contributed by atoms with van der Waals surface area (Å²) in [6.07, 6.45) is 5.11. The number of hydrogen-bond acceptors (Lipinski definition) is 2. The summed E-state index contributed by atoms with van der Waals surface area (Å²) in [7, 11) is 1.71. The summed E-state index contributed by atoms with van der Waals surface area (Å²) in [4.78, 5) is 0. The summed E-state index contributed by atoms with van der Waals surface area (Å²) >= 11 is 0. The molecular weight excluding hydrogens is 174 g/mol. The van der Waals surface area contributed by atoms with Crippen molar-refractivity contribution in [1.82, 2.24) is 0 Å². The zero-order chi connectivity index (χ0) is 10.2. The number of rotatable bonds is 5. The van der Waals surface area contributed by atoms with Gasteiger partial charge in [0, 0.05) is 7.11 Å². The quantitative estimate of drug-likeness (QED) is 0.774. The first kappa shape index (κ1) is 11.0. The monoisotopic (exact) mass is 191 g/mol. The number of hydrogen-bond donors (Lipinski definition) is 1. The highest BCUT2D eigenvalue weighted by Gasteiger charge is 1.96. The van der Waals surface area contributed by atoms with E-state index in [1.807, 2.05) is 12.1 Å². The molecule has 0 heterocycles. The molecule has 2 heteroatoms. The Morgan fingerprint density at radius 3 is 2.86 bits per heavy atom. The largest absolute Gasteiger partial charge is 0.380 e. The minimum Gasteiger partial charge on any atom is -0.380 e. The second kappa shape index (κ2) is 6.35. The van der Waals surface area contributed by atoms with E-state index in [4.69, 9.17) is 10.5 Å². The third-order valence-corrected chi connectivity index (χ3v) is 1.99. The van der Waals surface area contributed by atoms with Crippen molar-refractivity contribution in [2.75, 3.05) is 13.7 Å². The Morgan fingerprint density at radius 2 is 2.14 bits per heavy atom. The topological polar surface area (TPSA) is 35.2 Å². The molecule has 0 bridgehead atoms. The molecule has 0 aliphatic heterocycles. The molecule has 0 atom stereocenters. The van der Waals surface area contributed by atoms with Gasteiger partial charge in [-0.15, -0.1) is 0 Å². The van der Waals surface area contributed by atoms with E-state index in [0.29, 0.717) is 13.2 Å². The highest BCUT2D eigenvalue weighted by Crippen LogP contribution is 2.11. The average molecular weight is 191 g/mol. The van der Waals surface area contributed by atoms with Crippen molar-refractivity contribution >= 4 is 6.08 Å². The molecule has 0 fully saturated rings. The smallest absolute Gasteiger partial charge is 0.0718 e. The molecular formula is C12H17NO. The lowest BCUT2D eigenvalue weighted by Gasteiger charge is -2.03. The van der Waals surface area contributed by atoms with Crippen LogP contribution in [-0.4, -0.2) is 13.7 Å². The van der Waals surface area contributed by atoms with Gasteiger partial charge in [-0.1, -0.05) is 36.4 Å². The van der Waals surface area contributed by atoms with Gasteiger partial charge in [-0.3, -0.25) is 0 Å². The van der Waals surface area contributed by atoms with Crippen molar-refractivity contribution in [3.63, 3.8) is 0 Å². The van der Waals surface area contributed by atoms with Gasteiger partial charge in [-0.25, -0.2) is 0 Å². The minimum atomic E-state index is 0.656. The van der Waals surface area contributed by atoms with Crippen LogP contribution in [0.4, 0.5) is 0 Å². The number of nitrogens with two attached hydrogens (primary N) is 1. The van der Waals surface area contributed by atoms with Crippen molar-refractivity contribution in [3.8, 4) is 0 Å². The predicted molar refractivity (Wildman–Crippen MR) is 59.9 cm³/mol. The van der Waals surface area contributed by atoms with Crippen LogP contribution in [0.15, 0.2) is 30.3 Å². The molecule has 0 spiro atoms. The van der Waals surface area contributed by atoms with E-state index in [1.165, 1.54) is 11.1 Å². The van der Waals surface area contributed by atoms with Gasteiger partial charge in [-0.2, -0.15) is 0 Å². The van der Waals surface area contributed by atoms with Crippen LogP contribution in [0.2, 0.25) is 0 Å². The standard InChI is InChI=1S/C12H17NO/c1-14-10-12-8-3-2-6-11(12)7-4-5-9-13/h2-4,6-8H,5,9-10,13H2,1H3. The molecule has 1 rings (SSSR count). The summed E-state index contributed by atoms with van der Waals surface area (Å²) in [6.45, 7) is 1.35. The second-order valence-corrected chi connectivity index (χ2v) is 3.11. The lowest BCUT2D eigenvalue weighted by Crippen LogP contribution is -1.95. The van der Waals surface area contributed by atoms with Crippen LogP contribution in [-0.2, 0) is 11.3 Å². The first-order valence-corrected chi connectivity index (χ1v) is 4.82. The van der Waals surface area contributed by atoms with Gasteiger partial charge < -0.3 is 10.5 Å². The van der Waals surface area contributed by atoms with E-state index >= 15 is 0 Å². The van der Waals surface area contributed by atoms with E-state index in [9.17, 15) is 0 Å². The first-order valence-electron chi connectivity index (χ1n) is 4.82. The first-order chi connectivity index (χ1) is 6.88. The van der Waals surface area contributed by atoms with Crippen LogP contribution >= 0.6 is 0 Å². The van der Waals surface area contributed by atoms with E-state index in [0.717, 1.165) is 6.42 Å².